The van der Waals surface area contributed by atoms with Gasteiger partial charge < -0.3 is 14.6 Å². The van der Waals surface area contributed by atoms with Crippen LogP contribution in [-0.4, -0.2) is 24.3 Å². The first-order valence-electron chi connectivity index (χ1n) is 6.44. The molecule has 0 atom stereocenters. The molecular weight excluding hydrogens is 280 g/mol. The minimum Gasteiger partial charge on any atom is -0.493 e. The zero-order chi connectivity index (χ0) is 15.5. The normalized spacial score (nSPS) is 11.6. The molecule has 0 amide bonds. The van der Waals surface area contributed by atoms with Crippen LogP contribution >= 0.6 is 11.6 Å². The second kappa shape index (κ2) is 6.35. The van der Waals surface area contributed by atoms with E-state index in [0.717, 1.165) is 5.56 Å². The highest BCUT2D eigenvalue weighted by molar-refractivity contribution is 6.30. The standard InChI is InChI=1S/C15H21ClO4/c1-9(2)20-13-10(8-15(3,4)14(17)18)6-11(16)7-12(13)19-5/h6-7,9H,8H2,1-5H3,(H,17,18). The monoisotopic (exact) mass is 300 g/mol. The number of carbonyl (C=O) groups is 1. The van der Waals surface area contributed by atoms with Crippen molar-refractivity contribution in [2.45, 2.75) is 40.2 Å². The van der Waals surface area contributed by atoms with Crippen LogP contribution in [0.2, 0.25) is 5.02 Å². The van der Waals surface area contributed by atoms with Gasteiger partial charge >= 0.3 is 5.97 Å². The summed E-state index contributed by atoms with van der Waals surface area (Å²) >= 11 is 6.06. The van der Waals surface area contributed by atoms with Gasteiger partial charge in [-0.1, -0.05) is 11.6 Å². The molecule has 0 aliphatic heterocycles. The first-order chi connectivity index (χ1) is 9.17. The molecule has 0 unspecified atom stereocenters. The quantitative estimate of drug-likeness (QED) is 0.868. The van der Waals surface area contributed by atoms with Crippen LogP contribution in [0, 0.1) is 5.41 Å². The highest BCUT2D eigenvalue weighted by atomic mass is 35.5. The van der Waals surface area contributed by atoms with E-state index in [2.05, 4.69) is 0 Å². The molecule has 112 valence electrons. The van der Waals surface area contributed by atoms with E-state index >= 15 is 0 Å². The van der Waals surface area contributed by atoms with Gasteiger partial charge in [-0.05, 0) is 40.2 Å². The van der Waals surface area contributed by atoms with Crippen LogP contribution in [0.3, 0.4) is 0 Å². The molecule has 0 heterocycles. The van der Waals surface area contributed by atoms with Gasteiger partial charge in [-0.3, -0.25) is 4.79 Å². The van der Waals surface area contributed by atoms with Gasteiger partial charge in [0.2, 0.25) is 0 Å². The second-order valence-electron chi connectivity index (χ2n) is 5.63. The van der Waals surface area contributed by atoms with E-state index in [-0.39, 0.29) is 6.10 Å². The van der Waals surface area contributed by atoms with Crippen LogP contribution in [0.1, 0.15) is 33.3 Å². The molecular formula is C15H21ClO4. The summed E-state index contributed by atoms with van der Waals surface area (Å²) in [7, 11) is 1.53. The number of carboxylic acid groups (broad SMARTS) is 1. The van der Waals surface area contributed by atoms with E-state index in [1.54, 1.807) is 26.0 Å². The number of halogens is 1. The molecule has 0 spiro atoms. The fraction of sp³-hybridized carbons (Fsp3) is 0.533. The topological polar surface area (TPSA) is 55.8 Å². The molecule has 0 bridgehead atoms. The summed E-state index contributed by atoms with van der Waals surface area (Å²) in [5, 5.41) is 9.76. The Labute approximate surface area is 124 Å². The van der Waals surface area contributed by atoms with E-state index in [1.807, 2.05) is 13.8 Å². The van der Waals surface area contributed by atoms with E-state index < -0.39 is 11.4 Å². The van der Waals surface area contributed by atoms with Crippen LogP contribution in [-0.2, 0) is 11.2 Å². The van der Waals surface area contributed by atoms with Crippen molar-refractivity contribution in [2.75, 3.05) is 7.11 Å². The maximum absolute atomic E-state index is 11.3. The van der Waals surface area contributed by atoms with Crippen molar-refractivity contribution in [1.82, 2.24) is 0 Å². The Hall–Kier alpha value is -1.42. The Bertz CT molecular complexity index is 495. The Morgan fingerprint density at radius 1 is 1.40 bits per heavy atom. The zero-order valence-electron chi connectivity index (χ0n) is 12.5. The molecule has 1 aromatic rings. The van der Waals surface area contributed by atoms with Crippen LogP contribution in [0.4, 0.5) is 0 Å². The summed E-state index contributed by atoms with van der Waals surface area (Å²) in [5.41, 5.74) is -0.180. The van der Waals surface area contributed by atoms with Crippen LogP contribution in [0.15, 0.2) is 12.1 Å². The lowest BCUT2D eigenvalue weighted by molar-refractivity contribution is -0.146. The molecule has 20 heavy (non-hydrogen) atoms. The fourth-order valence-corrected chi connectivity index (χ4v) is 2.06. The molecule has 0 aromatic heterocycles. The van der Waals surface area contributed by atoms with Crippen molar-refractivity contribution in [3.05, 3.63) is 22.7 Å². The number of ether oxygens (including phenoxy) is 2. The molecule has 4 nitrogen and oxygen atoms in total. The summed E-state index contributed by atoms with van der Waals surface area (Å²) in [6.45, 7) is 7.14. The third-order valence-electron chi connectivity index (χ3n) is 2.88. The molecule has 1 aromatic carbocycles. The smallest absolute Gasteiger partial charge is 0.309 e. The van der Waals surface area contributed by atoms with Gasteiger partial charge in [-0.2, -0.15) is 0 Å². The Balaban J connectivity index is 3.28. The molecule has 0 aliphatic carbocycles. The fourth-order valence-electron chi connectivity index (χ4n) is 1.83. The SMILES string of the molecule is COc1cc(Cl)cc(CC(C)(C)C(=O)O)c1OC(C)C. The molecule has 1 rings (SSSR count). The maximum Gasteiger partial charge on any atom is 0.309 e. The summed E-state index contributed by atoms with van der Waals surface area (Å²) < 4.78 is 11.1. The van der Waals surface area contributed by atoms with E-state index in [9.17, 15) is 9.90 Å². The first-order valence-corrected chi connectivity index (χ1v) is 6.81. The van der Waals surface area contributed by atoms with Crippen molar-refractivity contribution in [2.24, 2.45) is 5.41 Å². The third kappa shape index (κ3) is 4.04. The Kier molecular flexibility index (Phi) is 5.28. The van der Waals surface area contributed by atoms with Crippen LogP contribution in [0.5, 0.6) is 11.5 Å². The van der Waals surface area contributed by atoms with E-state index in [4.69, 9.17) is 21.1 Å². The van der Waals surface area contributed by atoms with Crippen molar-refractivity contribution in [3.63, 3.8) is 0 Å². The van der Waals surface area contributed by atoms with Crippen LogP contribution in [0.25, 0.3) is 0 Å². The maximum atomic E-state index is 11.3. The summed E-state index contributed by atoms with van der Waals surface area (Å²) in [4.78, 5) is 11.3. The summed E-state index contributed by atoms with van der Waals surface area (Å²) in [5.74, 6) is 0.204. The Morgan fingerprint density at radius 2 is 2.00 bits per heavy atom. The summed E-state index contributed by atoms with van der Waals surface area (Å²) in [6.07, 6.45) is 0.262. The zero-order valence-corrected chi connectivity index (χ0v) is 13.2. The molecule has 0 saturated carbocycles. The van der Waals surface area contributed by atoms with Crippen molar-refractivity contribution < 1.29 is 19.4 Å². The molecule has 0 radical (unpaired) electrons. The largest absolute Gasteiger partial charge is 0.493 e. The predicted octanol–water partition coefficient (Wildman–Crippen LogP) is 3.79. The van der Waals surface area contributed by atoms with Gasteiger partial charge in [-0.25, -0.2) is 0 Å². The number of carboxylic acids is 1. The molecule has 0 aliphatic rings. The predicted molar refractivity (Wildman–Crippen MR) is 78.9 cm³/mol. The molecule has 5 heteroatoms. The molecule has 1 N–H and O–H groups in total. The van der Waals surface area contributed by atoms with Crippen molar-refractivity contribution in [3.8, 4) is 11.5 Å². The lowest BCUT2D eigenvalue weighted by atomic mass is 9.85. The van der Waals surface area contributed by atoms with Crippen LogP contribution < -0.4 is 9.47 Å². The number of benzene rings is 1. The second-order valence-corrected chi connectivity index (χ2v) is 6.07. The van der Waals surface area contributed by atoms with Gasteiger partial charge in [0.15, 0.2) is 11.5 Å². The average Bonchev–Trinajstić information content (AvgIpc) is 2.31. The minimum atomic E-state index is -0.912. The third-order valence-corrected chi connectivity index (χ3v) is 3.10. The number of hydrogen-bond acceptors (Lipinski definition) is 3. The highest BCUT2D eigenvalue weighted by Gasteiger charge is 2.30. The highest BCUT2D eigenvalue weighted by Crippen LogP contribution is 2.38. The van der Waals surface area contributed by atoms with Gasteiger partial charge in [0.1, 0.15) is 0 Å². The van der Waals surface area contributed by atoms with Gasteiger partial charge in [0.05, 0.1) is 18.6 Å². The number of methoxy groups -OCH3 is 1. The van der Waals surface area contributed by atoms with Gasteiger partial charge in [0, 0.05) is 16.7 Å². The lowest BCUT2D eigenvalue weighted by Gasteiger charge is -2.23. The van der Waals surface area contributed by atoms with Gasteiger partial charge in [-0.15, -0.1) is 0 Å². The number of hydrogen-bond donors (Lipinski definition) is 1. The van der Waals surface area contributed by atoms with E-state index in [1.165, 1.54) is 7.11 Å². The summed E-state index contributed by atoms with van der Waals surface area (Å²) in [6, 6.07) is 3.39. The van der Waals surface area contributed by atoms with E-state index in [0.29, 0.717) is 22.9 Å². The van der Waals surface area contributed by atoms with Gasteiger partial charge in [0.25, 0.3) is 0 Å². The minimum absolute atomic E-state index is 0.0447. The molecule has 0 fully saturated rings. The van der Waals surface area contributed by atoms with Crippen molar-refractivity contribution in [1.29, 1.82) is 0 Å². The number of rotatable bonds is 6. The molecule has 0 saturated heterocycles. The van der Waals surface area contributed by atoms with Crippen molar-refractivity contribution >= 4 is 17.6 Å². The average molecular weight is 301 g/mol. The first kappa shape index (κ1) is 16.6. The number of aliphatic carboxylic acids is 1. The lowest BCUT2D eigenvalue weighted by Crippen LogP contribution is -2.26. The Morgan fingerprint density at radius 3 is 2.45 bits per heavy atom.